The Labute approximate surface area is 84.7 Å². The molecule has 0 N–H and O–H groups in total. The van der Waals surface area contributed by atoms with Gasteiger partial charge in [0.1, 0.15) is 0 Å². The van der Waals surface area contributed by atoms with E-state index >= 15 is 0 Å². The van der Waals surface area contributed by atoms with Gasteiger partial charge in [-0.25, -0.2) is 0 Å². The summed E-state index contributed by atoms with van der Waals surface area (Å²) in [6.45, 7) is 1.67. The highest BCUT2D eigenvalue weighted by Gasteiger charge is 2.19. The average molecular weight is 215 g/mol. The lowest BCUT2D eigenvalue weighted by atomic mass is 10.4. The van der Waals surface area contributed by atoms with Gasteiger partial charge in [-0.1, -0.05) is 0 Å². The SMILES string of the molecule is O=C(c1cnsn1)N1CCSCC1. The number of carbonyl (C=O) groups is 1. The molecule has 0 unspecified atom stereocenters. The fraction of sp³-hybridized carbons (Fsp3) is 0.571. The Morgan fingerprint density at radius 3 is 2.85 bits per heavy atom. The lowest BCUT2D eigenvalue weighted by Crippen LogP contribution is -2.38. The molecule has 70 valence electrons. The number of nitrogens with zero attached hydrogens (tertiary/aromatic N) is 3. The van der Waals surface area contributed by atoms with Crippen molar-refractivity contribution in [2.24, 2.45) is 0 Å². The van der Waals surface area contributed by atoms with E-state index in [4.69, 9.17) is 0 Å². The second kappa shape index (κ2) is 4.06. The summed E-state index contributed by atoms with van der Waals surface area (Å²) in [6.07, 6.45) is 1.54. The summed E-state index contributed by atoms with van der Waals surface area (Å²) in [5.74, 6) is 2.08. The van der Waals surface area contributed by atoms with Crippen molar-refractivity contribution in [2.45, 2.75) is 0 Å². The Bertz CT molecular complexity index is 282. The quantitative estimate of drug-likeness (QED) is 0.693. The summed E-state index contributed by atoms with van der Waals surface area (Å²) >= 11 is 2.97. The summed E-state index contributed by atoms with van der Waals surface area (Å²) in [5.41, 5.74) is 0.483. The minimum atomic E-state index is 0.0223. The zero-order chi connectivity index (χ0) is 9.10. The summed E-state index contributed by atoms with van der Waals surface area (Å²) in [6, 6.07) is 0. The molecule has 6 heteroatoms. The molecule has 4 nitrogen and oxygen atoms in total. The van der Waals surface area contributed by atoms with Crippen LogP contribution in [0.2, 0.25) is 0 Å². The van der Waals surface area contributed by atoms with Gasteiger partial charge < -0.3 is 4.90 Å². The summed E-state index contributed by atoms with van der Waals surface area (Å²) in [7, 11) is 0. The van der Waals surface area contributed by atoms with E-state index < -0.39 is 0 Å². The first-order valence-electron chi connectivity index (χ1n) is 4.02. The van der Waals surface area contributed by atoms with E-state index in [1.807, 2.05) is 16.7 Å². The third kappa shape index (κ3) is 2.00. The minimum Gasteiger partial charge on any atom is -0.336 e. The molecule has 1 saturated heterocycles. The molecule has 1 aromatic heterocycles. The Balaban J connectivity index is 2.04. The van der Waals surface area contributed by atoms with Gasteiger partial charge in [-0.2, -0.15) is 20.5 Å². The number of hydrogen-bond donors (Lipinski definition) is 0. The summed E-state index contributed by atoms with van der Waals surface area (Å²) in [5, 5.41) is 0. The summed E-state index contributed by atoms with van der Waals surface area (Å²) < 4.78 is 7.74. The molecule has 0 spiro atoms. The van der Waals surface area contributed by atoms with Crippen LogP contribution in [-0.2, 0) is 0 Å². The van der Waals surface area contributed by atoms with Crippen LogP contribution in [0.5, 0.6) is 0 Å². The van der Waals surface area contributed by atoms with E-state index in [0.717, 1.165) is 36.3 Å². The molecule has 1 aliphatic rings. The van der Waals surface area contributed by atoms with E-state index in [9.17, 15) is 4.79 Å². The van der Waals surface area contributed by atoms with E-state index in [1.54, 1.807) is 0 Å². The Hall–Kier alpha value is -0.620. The smallest absolute Gasteiger partial charge is 0.275 e. The molecule has 0 bridgehead atoms. The molecule has 0 radical (unpaired) electrons. The second-order valence-electron chi connectivity index (χ2n) is 2.70. The van der Waals surface area contributed by atoms with Crippen molar-refractivity contribution >= 4 is 29.4 Å². The molecule has 2 heterocycles. The zero-order valence-corrected chi connectivity index (χ0v) is 8.61. The van der Waals surface area contributed by atoms with Gasteiger partial charge in [0.05, 0.1) is 17.9 Å². The lowest BCUT2D eigenvalue weighted by molar-refractivity contribution is 0.0767. The maximum Gasteiger partial charge on any atom is 0.275 e. The molecule has 1 amide bonds. The van der Waals surface area contributed by atoms with Gasteiger partial charge in [-0.15, -0.1) is 0 Å². The van der Waals surface area contributed by atoms with Gasteiger partial charge in [-0.3, -0.25) is 4.79 Å². The van der Waals surface area contributed by atoms with Crippen LogP contribution < -0.4 is 0 Å². The third-order valence-corrected chi connectivity index (χ3v) is 3.30. The molecule has 0 saturated carbocycles. The zero-order valence-electron chi connectivity index (χ0n) is 6.97. The predicted octanol–water partition coefficient (Wildman–Crippen LogP) is 0.727. The molecule has 1 fully saturated rings. The maximum absolute atomic E-state index is 11.7. The fourth-order valence-electron chi connectivity index (χ4n) is 1.19. The van der Waals surface area contributed by atoms with Crippen LogP contribution in [0, 0.1) is 0 Å². The van der Waals surface area contributed by atoms with E-state index in [1.165, 1.54) is 6.20 Å². The summed E-state index contributed by atoms with van der Waals surface area (Å²) in [4.78, 5) is 13.5. The van der Waals surface area contributed by atoms with Crippen molar-refractivity contribution in [1.82, 2.24) is 13.6 Å². The number of hydrogen-bond acceptors (Lipinski definition) is 5. The highest BCUT2D eigenvalue weighted by atomic mass is 32.2. The number of rotatable bonds is 1. The number of thioether (sulfide) groups is 1. The van der Waals surface area contributed by atoms with Gasteiger partial charge in [0.15, 0.2) is 5.69 Å². The predicted molar refractivity (Wildman–Crippen MR) is 53.1 cm³/mol. The minimum absolute atomic E-state index is 0.0223. The van der Waals surface area contributed by atoms with Crippen molar-refractivity contribution in [3.63, 3.8) is 0 Å². The largest absolute Gasteiger partial charge is 0.336 e. The number of carbonyl (C=O) groups excluding carboxylic acids is 1. The van der Waals surface area contributed by atoms with Crippen molar-refractivity contribution in [1.29, 1.82) is 0 Å². The highest BCUT2D eigenvalue weighted by molar-refractivity contribution is 7.99. The van der Waals surface area contributed by atoms with E-state index in [-0.39, 0.29) is 5.91 Å². The van der Waals surface area contributed by atoms with Crippen molar-refractivity contribution in [3.8, 4) is 0 Å². The van der Waals surface area contributed by atoms with E-state index in [0.29, 0.717) is 5.69 Å². The third-order valence-electron chi connectivity index (χ3n) is 1.88. The standard InChI is InChI=1S/C7H9N3OS2/c11-7(6-5-8-13-9-6)10-1-3-12-4-2-10/h5H,1-4H2. The first-order chi connectivity index (χ1) is 6.38. The average Bonchev–Trinajstić information content (AvgIpc) is 2.71. The van der Waals surface area contributed by atoms with Gasteiger partial charge in [0, 0.05) is 24.6 Å². The Morgan fingerprint density at radius 2 is 2.23 bits per heavy atom. The van der Waals surface area contributed by atoms with E-state index in [2.05, 4.69) is 8.75 Å². The Morgan fingerprint density at radius 1 is 1.46 bits per heavy atom. The number of amides is 1. The normalized spacial score (nSPS) is 17.4. The van der Waals surface area contributed by atoms with Gasteiger partial charge in [-0.05, 0) is 0 Å². The van der Waals surface area contributed by atoms with Crippen molar-refractivity contribution < 1.29 is 4.79 Å². The van der Waals surface area contributed by atoms with Crippen molar-refractivity contribution in [3.05, 3.63) is 11.9 Å². The van der Waals surface area contributed by atoms with Crippen LogP contribution >= 0.6 is 23.5 Å². The molecule has 13 heavy (non-hydrogen) atoms. The molecule has 2 rings (SSSR count). The first kappa shape index (κ1) is 8.96. The van der Waals surface area contributed by atoms with Crippen LogP contribution in [0.1, 0.15) is 10.5 Å². The van der Waals surface area contributed by atoms with Crippen LogP contribution in [0.15, 0.2) is 6.20 Å². The van der Waals surface area contributed by atoms with Gasteiger partial charge in [0.2, 0.25) is 0 Å². The monoisotopic (exact) mass is 215 g/mol. The van der Waals surface area contributed by atoms with Crippen LogP contribution in [-0.4, -0.2) is 44.1 Å². The highest BCUT2D eigenvalue weighted by Crippen LogP contribution is 2.11. The van der Waals surface area contributed by atoms with Gasteiger partial charge in [0.25, 0.3) is 5.91 Å². The first-order valence-corrected chi connectivity index (χ1v) is 5.91. The molecule has 0 aromatic carbocycles. The van der Waals surface area contributed by atoms with Gasteiger partial charge >= 0.3 is 0 Å². The molecule has 1 aliphatic heterocycles. The van der Waals surface area contributed by atoms with Crippen LogP contribution in [0.4, 0.5) is 0 Å². The fourth-order valence-corrected chi connectivity index (χ4v) is 2.50. The van der Waals surface area contributed by atoms with Crippen LogP contribution in [0.3, 0.4) is 0 Å². The molecule has 1 aromatic rings. The maximum atomic E-state index is 11.7. The molecular weight excluding hydrogens is 206 g/mol. The Kier molecular flexibility index (Phi) is 2.80. The lowest BCUT2D eigenvalue weighted by Gasteiger charge is -2.25. The number of aromatic nitrogens is 2. The van der Waals surface area contributed by atoms with Crippen molar-refractivity contribution in [2.75, 3.05) is 24.6 Å². The second-order valence-corrected chi connectivity index (χ2v) is 4.48. The molecule has 0 aliphatic carbocycles. The molecule has 0 atom stereocenters. The topological polar surface area (TPSA) is 46.1 Å². The molecular formula is C7H9N3OS2. The van der Waals surface area contributed by atoms with Crippen LogP contribution in [0.25, 0.3) is 0 Å².